The number of nitrogens with zero attached hydrogens (tertiary/aromatic N) is 2. The van der Waals surface area contributed by atoms with Crippen LogP contribution in [0.4, 0.5) is 0 Å². The van der Waals surface area contributed by atoms with Crippen molar-refractivity contribution in [2.24, 2.45) is 0 Å². The maximum absolute atomic E-state index is 11.1. The normalized spacial score (nSPS) is 9.50. The van der Waals surface area contributed by atoms with Gasteiger partial charge in [0.25, 0.3) is 0 Å². The van der Waals surface area contributed by atoms with Gasteiger partial charge < -0.3 is 14.7 Å². The minimum Gasteiger partial charge on any atom is -0.618 e. The molecule has 0 atom stereocenters. The van der Waals surface area contributed by atoms with Crippen LogP contribution >= 0.6 is 11.6 Å². The van der Waals surface area contributed by atoms with Crippen LogP contribution in [-0.4, -0.2) is 31.1 Å². The van der Waals surface area contributed by atoms with Gasteiger partial charge in [-0.1, -0.05) is 0 Å². The van der Waals surface area contributed by atoms with E-state index in [1.807, 2.05) is 0 Å². The monoisotopic (exact) mass is 352 g/mol. The van der Waals surface area contributed by atoms with Crippen molar-refractivity contribution in [1.82, 2.24) is 4.98 Å². The first kappa shape index (κ1) is 19.4. The smallest absolute Gasteiger partial charge is 0.344 e. The van der Waals surface area contributed by atoms with Gasteiger partial charge in [-0.3, -0.25) is 4.98 Å². The van der Waals surface area contributed by atoms with Crippen LogP contribution in [0, 0.1) is 12.1 Å². The number of rotatable bonds is 3. The Hall–Kier alpha value is -2.67. The number of hydrogen-bond donors (Lipinski definition) is 0. The number of alkyl halides is 1. The van der Waals surface area contributed by atoms with Crippen LogP contribution in [0.2, 0.25) is 0 Å². The van der Waals surface area contributed by atoms with Crippen LogP contribution < -0.4 is 4.73 Å². The lowest BCUT2D eigenvalue weighted by molar-refractivity contribution is -0.612. The molecule has 0 saturated heterocycles. The Morgan fingerprint density at radius 1 is 1.17 bits per heavy atom. The topological polar surface area (TPSA) is 92.4 Å². The zero-order valence-electron chi connectivity index (χ0n) is 13.5. The standard InChI is InChI=1S/C8H8ClNO2.C8H9NO3/c1-12-8(11)6-3-2-4-10-7(6)5-9;1-6-7(8(10)12-2)4-3-5-9(6)11/h2-4H,5H2,1H3;3-5H,1-2H3. The second-order valence-electron chi connectivity index (χ2n) is 4.45. The summed E-state index contributed by atoms with van der Waals surface area (Å²) in [6.45, 7) is 1.57. The summed E-state index contributed by atoms with van der Waals surface area (Å²) in [5, 5.41) is 11.0. The number of carbonyl (C=O) groups excluding carboxylic acids is 2. The SMILES string of the molecule is COC(=O)c1ccc[n+]([O-])c1C.COC(=O)c1cccnc1CCl. The van der Waals surface area contributed by atoms with Crippen molar-refractivity contribution >= 4 is 23.5 Å². The van der Waals surface area contributed by atoms with Gasteiger partial charge in [-0.05, 0) is 18.2 Å². The lowest BCUT2D eigenvalue weighted by Gasteiger charge is -2.03. The summed E-state index contributed by atoms with van der Waals surface area (Å²) < 4.78 is 9.65. The molecule has 24 heavy (non-hydrogen) atoms. The molecule has 0 N–H and O–H groups in total. The van der Waals surface area contributed by atoms with Gasteiger partial charge in [-0.25, -0.2) is 9.59 Å². The highest BCUT2D eigenvalue weighted by molar-refractivity contribution is 6.17. The van der Waals surface area contributed by atoms with Gasteiger partial charge in [0.15, 0.2) is 6.20 Å². The Balaban J connectivity index is 0.000000240. The summed E-state index contributed by atoms with van der Waals surface area (Å²) in [5.74, 6) is -0.679. The molecule has 8 heteroatoms. The largest absolute Gasteiger partial charge is 0.618 e. The molecular formula is C16H17ClN2O5. The quantitative estimate of drug-likeness (QED) is 0.363. The fourth-order valence-corrected chi connectivity index (χ4v) is 1.95. The number of carbonyl (C=O) groups is 2. The van der Waals surface area contributed by atoms with Gasteiger partial charge in [0, 0.05) is 19.2 Å². The molecule has 0 amide bonds. The van der Waals surface area contributed by atoms with Crippen molar-refractivity contribution in [2.75, 3.05) is 14.2 Å². The first-order chi connectivity index (χ1) is 11.5. The molecular weight excluding hydrogens is 336 g/mol. The minimum absolute atomic E-state index is 0.214. The highest BCUT2D eigenvalue weighted by Crippen LogP contribution is 2.08. The summed E-state index contributed by atoms with van der Waals surface area (Å²) in [5.41, 5.74) is 1.63. The zero-order chi connectivity index (χ0) is 18.1. The van der Waals surface area contributed by atoms with Crippen molar-refractivity contribution in [3.63, 3.8) is 0 Å². The fraction of sp³-hybridized carbons (Fsp3) is 0.250. The third-order valence-corrected chi connectivity index (χ3v) is 3.29. The molecule has 0 aliphatic carbocycles. The van der Waals surface area contributed by atoms with Crippen LogP contribution in [0.1, 0.15) is 32.1 Å². The molecule has 7 nitrogen and oxygen atoms in total. The van der Waals surface area contributed by atoms with Crippen LogP contribution in [0.5, 0.6) is 0 Å². The lowest BCUT2D eigenvalue weighted by atomic mass is 10.2. The number of aromatic nitrogens is 2. The third kappa shape index (κ3) is 4.92. The Morgan fingerprint density at radius 3 is 2.33 bits per heavy atom. The van der Waals surface area contributed by atoms with Gasteiger partial charge in [0.05, 0.1) is 31.4 Å². The molecule has 0 bridgehead atoms. The lowest BCUT2D eigenvalue weighted by Crippen LogP contribution is -2.31. The van der Waals surface area contributed by atoms with Crippen LogP contribution in [0.3, 0.4) is 0 Å². The van der Waals surface area contributed by atoms with Gasteiger partial charge >= 0.3 is 11.9 Å². The van der Waals surface area contributed by atoms with E-state index in [1.165, 1.54) is 26.5 Å². The van der Waals surface area contributed by atoms with Crippen LogP contribution in [-0.2, 0) is 15.4 Å². The first-order valence-electron chi connectivity index (χ1n) is 6.81. The predicted octanol–water partition coefficient (Wildman–Crippen LogP) is 2.02. The molecule has 128 valence electrons. The summed E-state index contributed by atoms with van der Waals surface area (Å²) in [6, 6.07) is 6.36. The molecule has 0 saturated carbocycles. The van der Waals surface area contributed by atoms with Crippen molar-refractivity contribution < 1.29 is 23.8 Å². The number of pyridine rings is 2. The minimum atomic E-state index is -0.488. The molecule has 0 spiro atoms. The van der Waals surface area contributed by atoms with Gasteiger partial charge in [-0.15, -0.1) is 11.6 Å². The Morgan fingerprint density at radius 2 is 1.75 bits per heavy atom. The van der Waals surface area contributed by atoms with E-state index in [4.69, 9.17) is 11.6 Å². The average molecular weight is 353 g/mol. The summed E-state index contributed by atoms with van der Waals surface area (Å²) in [7, 11) is 2.61. The molecule has 0 unspecified atom stereocenters. The summed E-state index contributed by atoms with van der Waals surface area (Å²) in [6.07, 6.45) is 2.92. The third-order valence-electron chi connectivity index (χ3n) is 3.03. The zero-order valence-corrected chi connectivity index (χ0v) is 14.2. The van der Waals surface area contributed by atoms with E-state index in [2.05, 4.69) is 14.5 Å². The second kappa shape index (κ2) is 9.46. The van der Waals surface area contributed by atoms with Crippen LogP contribution in [0.15, 0.2) is 36.7 Å². The number of halogens is 1. The molecule has 0 radical (unpaired) electrons. The maximum Gasteiger partial charge on any atom is 0.344 e. The summed E-state index contributed by atoms with van der Waals surface area (Å²) >= 11 is 5.56. The number of ether oxygens (including phenoxy) is 2. The van der Waals surface area contributed by atoms with E-state index < -0.39 is 11.9 Å². The van der Waals surface area contributed by atoms with E-state index in [9.17, 15) is 14.8 Å². The second-order valence-corrected chi connectivity index (χ2v) is 4.71. The predicted molar refractivity (Wildman–Crippen MR) is 86.6 cm³/mol. The molecule has 0 aromatic carbocycles. The van der Waals surface area contributed by atoms with Crippen molar-refractivity contribution in [3.05, 3.63) is 64.4 Å². The molecule has 2 heterocycles. The highest BCUT2D eigenvalue weighted by Gasteiger charge is 2.14. The molecule has 2 rings (SSSR count). The van der Waals surface area contributed by atoms with Gasteiger partial charge in [0.1, 0.15) is 5.56 Å². The Kier molecular flexibility index (Phi) is 7.64. The van der Waals surface area contributed by atoms with E-state index in [1.54, 1.807) is 31.3 Å². The van der Waals surface area contributed by atoms with Gasteiger partial charge in [-0.2, -0.15) is 4.73 Å². The number of hydrogen-bond acceptors (Lipinski definition) is 6. The Labute approximate surface area is 144 Å². The fourth-order valence-electron chi connectivity index (χ4n) is 1.73. The molecule has 2 aromatic heterocycles. The number of methoxy groups -OCH3 is 2. The van der Waals surface area contributed by atoms with Crippen molar-refractivity contribution in [1.29, 1.82) is 0 Å². The number of esters is 2. The van der Waals surface area contributed by atoms with E-state index in [0.29, 0.717) is 27.2 Å². The van der Waals surface area contributed by atoms with Crippen molar-refractivity contribution in [3.8, 4) is 0 Å². The van der Waals surface area contributed by atoms with Crippen LogP contribution in [0.25, 0.3) is 0 Å². The summed E-state index contributed by atoms with van der Waals surface area (Å²) in [4.78, 5) is 26.0. The van der Waals surface area contributed by atoms with Gasteiger partial charge in [0.2, 0.25) is 5.69 Å². The first-order valence-corrected chi connectivity index (χ1v) is 7.35. The van der Waals surface area contributed by atoms with E-state index in [0.717, 1.165) is 0 Å². The Bertz CT molecular complexity index is 721. The molecule has 0 fully saturated rings. The average Bonchev–Trinajstić information content (AvgIpc) is 2.63. The highest BCUT2D eigenvalue weighted by atomic mass is 35.5. The van der Waals surface area contributed by atoms with E-state index >= 15 is 0 Å². The van der Waals surface area contributed by atoms with Crippen molar-refractivity contribution in [2.45, 2.75) is 12.8 Å². The van der Waals surface area contributed by atoms with E-state index in [-0.39, 0.29) is 5.88 Å². The molecule has 2 aromatic rings. The molecule has 0 aliphatic rings. The maximum atomic E-state index is 11.1. The molecule has 0 aliphatic heterocycles.